The number of thiazole rings is 1. The molecule has 5 heteroatoms. The fraction of sp³-hybridized carbons (Fsp3) is 0.263. The second kappa shape index (κ2) is 6.61. The van der Waals surface area contributed by atoms with Crippen LogP contribution in [0.5, 0.6) is 0 Å². The summed E-state index contributed by atoms with van der Waals surface area (Å²) in [6.45, 7) is 8.28. The maximum Gasteiger partial charge on any atom is 0.257 e. The Kier molecular flexibility index (Phi) is 4.53. The molecular weight excluding hydrogens is 318 g/mol. The van der Waals surface area contributed by atoms with E-state index in [2.05, 4.69) is 28.7 Å². The fourth-order valence-electron chi connectivity index (χ4n) is 3.06. The summed E-state index contributed by atoms with van der Waals surface area (Å²) in [5.41, 5.74) is 4.67. The van der Waals surface area contributed by atoms with Crippen LogP contribution in [0, 0.1) is 13.8 Å². The number of nitrogens with zero attached hydrogens (tertiary/aromatic N) is 2. The second-order valence-corrected chi connectivity index (χ2v) is 7.01. The van der Waals surface area contributed by atoms with Gasteiger partial charge in [-0.1, -0.05) is 0 Å². The third-order valence-corrected chi connectivity index (χ3v) is 4.89. The third kappa shape index (κ3) is 3.12. The molecule has 0 aliphatic carbocycles. The summed E-state index contributed by atoms with van der Waals surface area (Å²) in [6.07, 6.45) is 1.79. The normalized spacial score (nSPS) is 11.0. The highest BCUT2D eigenvalue weighted by Gasteiger charge is 2.17. The molecule has 0 fully saturated rings. The molecule has 0 radical (unpaired) electrons. The summed E-state index contributed by atoms with van der Waals surface area (Å²) >= 11 is 1.60. The van der Waals surface area contributed by atoms with Crippen molar-refractivity contribution in [3.05, 3.63) is 58.9 Å². The van der Waals surface area contributed by atoms with Gasteiger partial charge in [0.1, 0.15) is 5.01 Å². The number of hydrogen-bond donors (Lipinski definition) is 1. The van der Waals surface area contributed by atoms with E-state index in [1.165, 1.54) is 0 Å². The van der Waals surface area contributed by atoms with Gasteiger partial charge in [-0.25, -0.2) is 4.98 Å². The van der Waals surface area contributed by atoms with Gasteiger partial charge < -0.3 is 9.88 Å². The third-order valence-electron chi connectivity index (χ3n) is 4.07. The van der Waals surface area contributed by atoms with Gasteiger partial charge in [0.05, 0.1) is 5.56 Å². The molecule has 1 amide bonds. The molecular formula is C19H21N3OS. The Morgan fingerprint density at radius 1 is 1.21 bits per heavy atom. The van der Waals surface area contributed by atoms with Crippen molar-refractivity contribution in [1.82, 2.24) is 9.55 Å². The van der Waals surface area contributed by atoms with E-state index in [1.54, 1.807) is 17.5 Å². The Morgan fingerprint density at radius 2 is 1.92 bits per heavy atom. The van der Waals surface area contributed by atoms with Crippen molar-refractivity contribution in [2.45, 2.75) is 33.7 Å². The lowest BCUT2D eigenvalue weighted by Crippen LogP contribution is -2.13. The van der Waals surface area contributed by atoms with Crippen molar-refractivity contribution in [3.63, 3.8) is 0 Å². The summed E-state index contributed by atoms with van der Waals surface area (Å²) in [5, 5.41) is 5.92. The predicted octanol–water partition coefficient (Wildman–Crippen LogP) is 5.06. The highest BCUT2D eigenvalue weighted by Crippen LogP contribution is 2.24. The van der Waals surface area contributed by atoms with E-state index in [4.69, 9.17) is 0 Å². The maximum absolute atomic E-state index is 12.6. The summed E-state index contributed by atoms with van der Waals surface area (Å²) in [7, 11) is 0. The lowest BCUT2D eigenvalue weighted by Gasteiger charge is -2.13. The van der Waals surface area contributed by atoms with Gasteiger partial charge in [0.2, 0.25) is 0 Å². The van der Waals surface area contributed by atoms with Gasteiger partial charge in [-0.2, -0.15) is 0 Å². The first-order valence-electron chi connectivity index (χ1n) is 7.97. The van der Waals surface area contributed by atoms with Crippen LogP contribution in [0.25, 0.3) is 10.6 Å². The first-order valence-corrected chi connectivity index (χ1v) is 8.85. The van der Waals surface area contributed by atoms with Gasteiger partial charge in [0, 0.05) is 40.3 Å². The number of amides is 1. The van der Waals surface area contributed by atoms with E-state index >= 15 is 0 Å². The van der Waals surface area contributed by atoms with Gasteiger partial charge in [0.15, 0.2) is 0 Å². The standard InChI is InChI=1S/C19H21N3OS/c1-12(2)22-13(3)11-17(14(22)4)18(23)21-16-7-5-15(6-8-16)19-20-9-10-24-19/h5-12H,1-4H3,(H,21,23). The predicted molar refractivity (Wildman–Crippen MR) is 99.8 cm³/mol. The Labute approximate surface area is 146 Å². The zero-order valence-electron chi connectivity index (χ0n) is 14.3. The summed E-state index contributed by atoms with van der Waals surface area (Å²) < 4.78 is 2.18. The van der Waals surface area contributed by atoms with Crippen LogP contribution in [0.3, 0.4) is 0 Å². The molecule has 124 valence electrons. The van der Waals surface area contributed by atoms with E-state index in [0.29, 0.717) is 6.04 Å². The smallest absolute Gasteiger partial charge is 0.257 e. The molecule has 2 aromatic heterocycles. The number of rotatable bonds is 4. The van der Waals surface area contributed by atoms with Gasteiger partial charge in [-0.05, 0) is 58.0 Å². The second-order valence-electron chi connectivity index (χ2n) is 6.12. The number of carbonyl (C=O) groups excluding carboxylic acids is 1. The number of nitrogens with one attached hydrogen (secondary N) is 1. The first kappa shape index (κ1) is 16.5. The molecule has 0 aliphatic rings. The minimum Gasteiger partial charge on any atom is -0.346 e. The van der Waals surface area contributed by atoms with E-state index < -0.39 is 0 Å². The summed E-state index contributed by atoms with van der Waals surface area (Å²) in [6, 6.07) is 10.1. The largest absolute Gasteiger partial charge is 0.346 e. The van der Waals surface area contributed by atoms with Crippen molar-refractivity contribution in [2.75, 3.05) is 5.32 Å². The number of anilines is 1. The lowest BCUT2D eigenvalue weighted by atomic mass is 10.2. The van der Waals surface area contributed by atoms with Crippen LogP contribution < -0.4 is 5.32 Å². The van der Waals surface area contributed by atoms with Gasteiger partial charge in [-0.3, -0.25) is 4.79 Å². The fourth-order valence-corrected chi connectivity index (χ4v) is 3.71. The van der Waals surface area contributed by atoms with Crippen molar-refractivity contribution in [3.8, 4) is 10.6 Å². The molecule has 2 heterocycles. The Morgan fingerprint density at radius 3 is 2.46 bits per heavy atom. The van der Waals surface area contributed by atoms with Crippen LogP contribution in [0.2, 0.25) is 0 Å². The van der Waals surface area contributed by atoms with Crippen LogP contribution in [0.15, 0.2) is 41.9 Å². The van der Waals surface area contributed by atoms with Crippen molar-refractivity contribution in [2.24, 2.45) is 0 Å². The number of carbonyl (C=O) groups is 1. The van der Waals surface area contributed by atoms with Gasteiger partial charge in [-0.15, -0.1) is 11.3 Å². The zero-order chi connectivity index (χ0) is 17.3. The zero-order valence-corrected chi connectivity index (χ0v) is 15.1. The highest BCUT2D eigenvalue weighted by atomic mass is 32.1. The topological polar surface area (TPSA) is 46.9 Å². The Balaban J connectivity index is 1.79. The van der Waals surface area contributed by atoms with Crippen LogP contribution >= 0.6 is 11.3 Å². The highest BCUT2D eigenvalue weighted by molar-refractivity contribution is 7.13. The van der Waals surface area contributed by atoms with E-state index in [9.17, 15) is 4.79 Å². The molecule has 0 atom stereocenters. The molecule has 1 aromatic carbocycles. The van der Waals surface area contributed by atoms with Gasteiger partial charge in [0.25, 0.3) is 5.91 Å². The van der Waals surface area contributed by atoms with Crippen molar-refractivity contribution < 1.29 is 4.79 Å². The molecule has 4 nitrogen and oxygen atoms in total. The molecule has 3 aromatic rings. The van der Waals surface area contributed by atoms with Gasteiger partial charge >= 0.3 is 0 Å². The Hall–Kier alpha value is -2.40. The quantitative estimate of drug-likeness (QED) is 0.722. The monoisotopic (exact) mass is 339 g/mol. The van der Waals surface area contributed by atoms with E-state index in [-0.39, 0.29) is 5.91 Å². The first-order chi connectivity index (χ1) is 11.5. The van der Waals surface area contributed by atoms with E-state index in [0.717, 1.165) is 33.2 Å². The number of aryl methyl sites for hydroxylation is 1. The average Bonchev–Trinajstić information content (AvgIpc) is 3.16. The summed E-state index contributed by atoms with van der Waals surface area (Å²) in [5.74, 6) is -0.0722. The van der Waals surface area contributed by atoms with Crippen molar-refractivity contribution in [1.29, 1.82) is 0 Å². The molecule has 0 saturated carbocycles. The SMILES string of the molecule is Cc1cc(C(=O)Nc2ccc(-c3nccs3)cc2)c(C)n1C(C)C. The number of aromatic nitrogens is 2. The molecule has 24 heavy (non-hydrogen) atoms. The molecule has 0 unspecified atom stereocenters. The molecule has 1 N–H and O–H groups in total. The van der Waals surface area contributed by atoms with E-state index in [1.807, 2.05) is 49.6 Å². The van der Waals surface area contributed by atoms with Crippen LogP contribution in [0.4, 0.5) is 5.69 Å². The minimum atomic E-state index is -0.0722. The maximum atomic E-state index is 12.6. The molecule has 0 spiro atoms. The molecule has 0 saturated heterocycles. The summed E-state index contributed by atoms with van der Waals surface area (Å²) in [4.78, 5) is 16.9. The van der Waals surface area contributed by atoms with Crippen LogP contribution in [-0.2, 0) is 0 Å². The molecule has 3 rings (SSSR count). The van der Waals surface area contributed by atoms with Crippen LogP contribution in [-0.4, -0.2) is 15.5 Å². The number of benzene rings is 1. The van der Waals surface area contributed by atoms with Crippen LogP contribution in [0.1, 0.15) is 41.6 Å². The lowest BCUT2D eigenvalue weighted by molar-refractivity contribution is 0.102. The number of hydrogen-bond acceptors (Lipinski definition) is 3. The Bertz CT molecular complexity index is 846. The average molecular weight is 339 g/mol. The minimum absolute atomic E-state index is 0.0722. The molecule has 0 aliphatic heterocycles. The van der Waals surface area contributed by atoms with Crippen molar-refractivity contribution >= 4 is 22.9 Å². The molecule has 0 bridgehead atoms.